The second kappa shape index (κ2) is 4.77. The zero-order chi connectivity index (χ0) is 11.4. The molecule has 0 radical (unpaired) electrons. The van der Waals surface area contributed by atoms with Crippen molar-refractivity contribution in [2.45, 2.75) is 19.3 Å². The topological polar surface area (TPSA) is 98.6 Å². The molecule has 1 rings (SSSR count). The minimum Gasteiger partial charge on any atom is -0.479 e. The molecule has 0 spiro atoms. The van der Waals surface area contributed by atoms with Crippen molar-refractivity contribution in [2.75, 3.05) is 5.73 Å². The highest BCUT2D eigenvalue weighted by atomic mass is 16.5. The molecule has 5 nitrogen and oxygen atoms in total. The SMILES string of the molecule is CC(N)OC(C(=O)O)c1ccc(N)cc1. The molecule has 0 aliphatic rings. The van der Waals surface area contributed by atoms with Gasteiger partial charge in [-0.15, -0.1) is 0 Å². The number of aliphatic carboxylic acids is 1. The predicted octanol–water partition coefficient (Wildman–Crippen LogP) is 0.716. The monoisotopic (exact) mass is 210 g/mol. The first-order valence-electron chi connectivity index (χ1n) is 4.50. The summed E-state index contributed by atoms with van der Waals surface area (Å²) in [5, 5.41) is 8.93. The fourth-order valence-corrected chi connectivity index (χ4v) is 1.16. The molecule has 5 heteroatoms. The Hall–Kier alpha value is -1.59. The molecule has 0 heterocycles. The number of carboxylic acids is 1. The van der Waals surface area contributed by atoms with E-state index in [1.54, 1.807) is 31.2 Å². The molecular formula is C10H14N2O3. The summed E-state index contributed by atoms with van der Waals surface area (Å²) in [6.07, 6.45) is -1.69. The normalized spacial score (nSPS) is 14.5. The number of nitrogens with two attached hydrogens (primary N) is 2. The molecule has 0 aliphatic heterocycles. The van der Waals surface area contributed by atoms with Crippen molar-refractivity contribution in [1.82, 2.24) is 0 Å². The maximum Gasteiger partial charge on any atom is 0.337 e. The second-order valence-electron chi connectivity index (χ2n) is 3.23. The van der Waals surface area contributed by atoms with Crippen LogP contribution in [0.4, 0.5) is 5.69 Å². The molecule has 0 aliphatic carbocycles. The number of hydrogen-bond acceptors (Lipinski definition) is 4. The minimum atomic E-state index is -1.07. The fraction of sp³-hybridized carbons (Fsp3) is 0.300. The molecule has 0 saturated carbocycles. The van der Waals surface area contributed by atoms with E-state index in [9.17, 15) is 4.79 Å². The van der Waals surface area contributed by atoms with E-state index in [4.69, 9.17) is 21.3 Å². The third kappa shape index (κ3) is 3.23. The van der Waals surface area contributed by atoms with Crippen LogP contribution in [0.1, 0.15) is 18.6 Å². The summed E-state index contributed by atoms with van der Waals surface area (Å²) in [6, 6.07) is 6.46. The van der Waals surface area contributed by atoms with E-state index in [1.807, 2.05) is 0 Å². The number of carbonyl (C=O) groups is 1. The van der Waals surface area contributed by atoms with Crippen molar-refractivity contribution in [2.24, 2.45) is 5.73 Å². The predicted molar refractivity (Wildman–Crippen MR) is 56.0 cm³/mol. The van der Waals surface area contributed by atoms with Crippen LogP contribution in [0.15, 0.2) is 24.3 Å². The van der Waals surface area contributed by atoms with Crippen LogP contribution < -0.4 is 11.5 Å². The molecular weight excluding hydrogens is 196 g/mol. The summed E-state index contributed by atoms with van der Waals surface area (Å²) in [6.45, 7) is 1.58. The Kier molecular flexibility index (Phi) is 3.65. The standard InChI is InChI=1S/C10H14N2O3/c1-6(11)15-9(10(13)14)7-2-4-8(12)5-3-7/h2-6,9H,11-12H2,1H3,(H,13,14). The van der Waals surface area contributed by atoms with Crippen LogP contribution in [-0.2, 0) is 9.53 Å². The second-order valence-corrected chi connectivity index (χ2v) is 3.23. The highest BCUT2D eigenvalue weighted by Gasteiger charge is 2.21. The Labute approximate surface area is 87.6 Å². The molecule has 0 fully saturated rings. The zero-order valence-corrected chi connectivity index (χ0v) is 8.38. The van der Waals surface area contributed by atoms with Crippen LogP contribution in [0.5, 0.6) is 0 Å². The fourth-order valence-electron chi connectivity index (χ4n) is 1.16. The Balaban J connectivity index is 2.89. The number of hydrogen-bond donors (Lipinski definition) is 3. The van der Waals surface area contributed by atoms with Gasteiger partial charge in [0.1, 0.15) is 6.23 Å². The molecule has 1 aromatic carbocycles. The first-order chi connectivity index (χ1) is 7.00. The quantitative estimate of drug-likeness (QED) is 0.502. The lowest BCUT2D eigenvalue weighted by molar-refractivity contribution is -0.154. The van der Waals surface area contributed by atoms with Crippen molar-refractivity contribution in [3.8, 4) is 0 Å². The minimum absolute atomic E-state index is 0.522. The van der Waals surface area contributed by atoms with Gasteiger partial charge in [0.2, 0.25) is 0 Å². The Morgan fingerprint density at radius 3 is 2.33 bits per heavy atom. The lowest BCUT2D eigenvalue weighted by Crippen LogP contribution is -2.26. The summed E-state index contributed by atoms with van der Waals surface area (Å²) < 4.78 is 5.08. The van der Waals surface area contributed by atoms with Gasteiger partial charge in [-0.2, -0.15) is 0 Å². The molecule has 0 aromatic heterocycles. The van der Waals surface area contributed by atoms with Gasteiger partial charge in [-0.05, 0) is 24.6 Å². The largest absolute Gasteiger partial charge is 0.479 e. The van der Waals surface area contributed by atoms with E-state index >= 15 is 0 Å². The van der Waals surface area contributed by atoms with E-state index in [-0.39, 0.29) is 0 Å². The van der Waals surface area contributed by atoms with Crippen LogP contribution in [0, 0.1) is 0 Å². The molecule has 2 unspecified atom stereocenters. The number of nitrogen functional groups attached to an aromatic ring is 1. The maximum atomic E-state index is 10.9. The Bertz CT molecular complexity index is 335. The van der Waals surface area contributed by atoms with E-state index in [1.165, 1.54) is 0 Å². The molecule has 15 heavy (non-hydrogen) atoms. The van der Waals surface area contributed by atoms with Crippen LogP contribution >= 0.6 is 0 Å². The van der Waals surface area contributed by atoms with E-state index < -0.39 is 18.3 Å². The summed E-state index contributed by atoms with van der Waals surface area (Å²) in [5.74, 6) is -1.07. The van der Waals surface area contributed by atoms with Gasteiger partial charge in [0, 0.05) is 5.69 Å². The number of benzene rings is 1. The zero-order valence-electron chi connectivity index (χ0n) is 8.38. The average molecular weight is 210 g/mol. The average Bonchev–Trinajstić information content (AvgIpc) is 2.15. The highest BCUT2D eigenvalue weighted by Crippen LogP contribution is 2.19. The molecule has 0 bridgehead atoms. The molecule has 5 N–H and O–H groups in total. The molecule has 82 valence electrons. The van der Waals surface area contributed by atoms with Crippen LogP contribution in [0.2, 0.25) is 0 Å². The Morgan fingerprint density at radius 2 is 1.93 bits per heavy atom. The third-order valence-corrected chi connectivity index (χ3v) is 1.81. The van der Waals surface area contributed by atoms with Gasteiger partial charge in [-0.3, -0.25) is 0 Å². The van der Waals surface area contributed by atoms with Gasteiger partial charge in [0.15, 0.2) is 6.10 Å². The first kappa shape index (κ1) is 11.5. The Morgan fingerprint density at radius 1 is 1.40 bits per heavy atom. The van der Waals surface area contributed by atoms with Crippen molar-refractivity contribution in [3.05, 3.63) is 29.8 Å². The van der Waals surface area contributed by atoms with Gasteiger partial charge >= 0.3 is 5.97 Å². The molecule has 2 atom stereocenters. The third-order valence-electron chi connectivity index (χ3n) is 1.81. The van der Waals surface area contributed by atoms with E-state index in [0.717, 1.165) is 0 Å². The van der Waals surface area contributed by atoms with Crippen molar-refractivity contribution in [1.29, 1.82) is 0 Å². The van der Waals surface area contributed by atoms with Gasteiger partial charge in [-0.25, -0.2) is 4.79 Å². The molecule has 0 amide bonds. The highest BCUT2D eigenvalue weighted by molar-refractivity contribution is 5.74. The number of ether oxygens (including phenoxy) is 1. The maximum absolute atomic E-state index is 10.9. The van der Waals surface area contributed by atoms with E-state index in [0.29, 0.717) is 11.3 Å². The molecule has 1 aromatic rings. The number of rotatable bonds is 4. The van der Waals surface area contributed by atoms with Crippen molar-refractivity contribution in [3.63, 3.8) is 0 Å². The van der Waals surface area contributed by atoms with Gasteiger partial charge in [0.05, 0.1) is 0 Å². The van der Waals surface area contributed by atoms with Crippen LogP contribution in [0.3, 0.4) is 0 Å². The lowest BCUT2D eigenvalue weighted by atomic mass is 10.1. The number of carboxylic acid groups (broad SMARTS) is 1. The van der Waals surface area contributed by atoms with Gasteiger partial charge in [-0.1, -0.05) is 12.1 Å². The summed E-state index contributed by atoms with van der Waals surface area (Å²) >= 11 is 0. The summed E-state index contributed by atoms with van der Waals surface area (Å²) in [4.78, 5) is 10.9. The van der Waals surface area contributed by atoms with Crippen LogP contribution in [0.25, 0.3) is 0 Å². The van der Waals surface area contributed by atoms with Gasteiger partial charge in [0.25, 0.3) is 0 Å². The summed E-state index contributed by atoms with van der Waals surface area (Å²) in [7, 11) is 0. The van der Waals surface area contributed by atoms with Gasteiger partial charge < -0.3 is 21.3 Å². The first-order valence-corrected chi connectivity index (χ1v) is 4.50. The lowest BCUT2D eigenvalue weighted by Gasteiger charge is -2.16. The van der Waals surface area contributed by atoms with Crippen molar-refractivity contribution < 1.29 is 14.6 Å². The van der Waals surface area contributed by atoms with E-state index in [2.05, 4.69) is 0 Å². The smallest absolute Gasteiger partial charge is 0.337 e. The number of anilines is 1. The molecule has 0 saturated heterocycles. The van der Waals surface area contributed by atoms with Crippen molar-refractivity contribution >= 4 is 11.7 Å². The van der Waals surface area contributed by atoms with Crippen LogP contribution in [-0.4, -0.2) is 17.3 Å². The summed E-state index contributed by atoms with van der Waals surface area (Å²) in [5.41, 5.74) is 12.0.